The molecule has 0 bridgehead atoms. The van der Waals surface area contributed by atoms with Crippen molar-refractivity contribution in [3.8, 4) is 0 Å². The van der Waals surface area contributed by atoms with Crippen LogP contribution in [0.3, 0.4) is 0 Å². The first-order valence-corrected chi connectivity index (χ1v) is 24.9. The highest BCUT2D eigenvalue weighted by Gasteiger charge is 2.19. The summed E-state index contributed by atoms with van der Waals surface area (Å²) in [6, 6.07) is 0. The van der Waals surface area contributed by atoms with E-state index in [9.17, 15) is 14.4 Å². The highest BCUT2D eigenvalue weighted by molar-refractivity contribution is 5.72. The van der Waals surface area contributed by atoms with Gasteiger partial charge >= 0.3 is 17.9 Å². The van der Waals surface area contributed by atoms with E-state index in [1.807, 2.05) is 6.08 Å². The Morgan fingerprint density at radius 1 is 0.371 bits per heavy atom. The molecule has 0 saturated heterocycles. The average Bonchev–Trinajstić information content (AvgIpc) is 3.27. The Morgan fingerprint density at radius 2 is 0.758 bits per heavy atom. The second-order valence-corrected chi connectivity index (χ2v) is 16.1. The Bertz CT molecular complexity index is 1310. The van der Waals surface area contributed by atoms with Crippen LogP contribution in [-0.4, -0.2) is 37.2 Å². The minimum absolute atomic E-state index is 0.123. The lowest BCUT2D eigenvalue weighted by atomic mass is 10.1. The molecule has 0 spiro atoms. The monoisotopic (exact) mass is 859 g/mol. The molecule has 1 atom stereocenters. The molecular weight excluding hydrogens is 769 g/mol. The van der Waals surface area contributed by atoms with Crippen LogP contribution in [0.25, 0.3) is 0 Å². The van der Waals surface area contributed by atoms with Crippen molar-refractivity contribution in [3.63, 3.8) is 0 Å². The number of allylic oxidation sites excluding steroid dienone is 17. The zero-order valence-corrected chi connectivity index (χ0v) is 39.8. The summed E-state index contributed by atoms with van der Waals surface area (Å²) in [6.45, 7) is 6.31. The maximum Gasteiger partial charge on any atom is 0.309 e. The third-order valence-electron chi connectivity index (χ3n) is 10.1. The summed E-state index contributed by atoms with van der Waals surface area (Å²) in [6.07, 6.45) is 66.7. The lowest BCUT2D eigenvalue weighted by Crippen LogP contribution is -2.30. The SMILES string of the molecule is CC/C=C\C/C=C\C/C=C\CC(=O)OCC(COC(=O)CCCCCCC\C=C/C=C\C=C/C=C\CCCCC)OC(=O)CCCCCCCCC/C=C\C/C=C\CCCCC. The van der Waals surface area contributed by atoms with Crippen molar-refractivity contribution in [1.29, 1.82) is 0 Å². The lowest BCUT2D eigenvalue weighted by molar-refractivity contribution is -0.166. The fourth-order valence-electron chi connectivity index (χ4n) is 6.37. The van der Waals surface area contributed by atoms with Crippen molar-refractivity contribution < 1.29 is 28.6 Å². The number of carbonyl (C=O) groups is 3. The molecule has 0 heterocycles. The Hall–Kier alpha value is -3.93. The molecule has 0 radical (unpaired) electrons. The third kappa shape index (κ3) is 47.1. The van der Waals surface area contributed by atoms with Crippen molar-refractivity contribution >= 4 is 17.9 Å². The Balaban J connectivity index is 4.47. The minimum atomic E-state index is -0.828. The van der Waals surface area contributed by atoms with Crippen LogP contribution in [0, 0.1) is 0 Å². The van der Waals surface area contributed by atoms with E-state index < -0.39 is 12.1 Å². The van der Waals surface area contributed by atoms with Gasteiger partial charge in [-0.15, -0.1) is 0 Å². The standard InChI is InChI=1S/C56H90O6/c1-4-7-10-13-16-19-21-23-25-27-29-30-32-34-37-40-43-46-49-55(58)61-52-53(51-60-54(57)48-45-42-39-36-18-15-12-9-6-3)62-56(59)50-47-44-41-38-35-33-31-28-26-24-22-20-17-14-11-8-5-2/h9,12,16-21,23-27,29-30,36,42,45,53H,4-8,10-11,13-15,22,28,31-35,37-41,43-44,46-52H2,1-3H3/b12-9-,19-16-,20-17-,23-21-,26-24-,27-25-,30-29-,36-18-,45-42-. The van der Waals surface area contributed by atoms with E-state index in [0.717, 1.165) is 96.3 Å². The lowest BCUT2D eigenvalue weighted by Gasteiger charge is -2.18. The van der Waals surface area contributed by atoms with Crippen LogP contribution in [0.1, 0.15) is 207 Å². The van der Waals surface area contributed by atoms with Gasteiger partial charge in [0.15, 0.2) is 6.10 Å². The number of unbranched alkanes of at least 4 members (excludes halogenated alkanes) is 18. The van der Waals surface area contributed by atoms with Crippen molar-refractivity contribution in [2.24, 2.45) is 0 Å². The molecule has 0 amide bonds. The number of carbonyl (C=O) groups excluding carboxylic acids is 3. The molecule has 0 rings (SSSR count). The number of hydrogen-bond donors (Lipinski definition) is 0. The fraction of sp³-hybridized carbons (Fsp3) is 0.625. The van der Waals surface area contributed by atoms with Crippen LogP contribution < -0.4 is 0 Å². The van der Waals surface area contributed by atoms with E-state index in [0.29, 0.717) is 12.8 Å². The van der Waals surface area contributed by atoms with Crippen LogP contribution in [0.2, 0.25) is 0 Å². The van der Waals surface area contributed by atoms with Crippen molar-refractivity contribution in [2.75, 3.05) is 13.2 Å². The van der Waals surface area contributed by atoms with Crippen molar-refractivity contribution in [1.82, 2.24) is 0 Å². The summed E-state index contributed by atoms with van der Waals surface area (Å²) in [5, 5.41) is 0. The fourth-order valence-corrected chi connectivity index (χ4v) is 6.37. The number of esters is 3. The Labute approximate surface area is 380 Å². The minimum Gasteiger partial charge on any atom is -0.462 e. The number of ether oxygens (including phenoxy) is 3. The molecule has 0 N–H and O–H groups in total. The maximum atomic E-state index is 12.8. The topological polar surface area (TPSA) is 78.9 Å². The predicted molar refractivity (Wildman–Crippen MR) is 265 cm³/mol. The van der Waals surface area contributed by atoms with Crippen LogP contribution in [0.5, 0.6) is 0 Å². The normalized spacial score (nSPS) is 13.0. The van der Waals surface area contributed by atoms with Gasteiger partial charge in [0, 0.05) is 12.8 Å². The molecule has 1 unspecified atom stereocenters. The second kappa shape index (κ2) is 49.7. The van der Waals surface area contributed by atoms with Gasteiger partial charge in [0.25, 0.3) is 0 Å². The van der Waals surface area contributed by atoms with Gasteiger partial charge in [-0.1, -0.05) is 207 Å². The van der Waals surface area contributed by atoms with E-state index in [1.54, 1.807) is 6.08 Å². The number of hydrogen-bond acceptors (Lipinski definition) is 6. The highest BCUT2D eigenvalue weighted by atomic mass is 16.6. The molecule has 62 heavy (non-hydrogen) atoms. The van der Waals surface area contributed by atoms with E-state index in [1.165, 1.54) is 70.6 Å². The summed E-state index contributed by atoms with van der Waals surface area (Å²) in [7, 11) is 0. The Morgan fingerprint density at radius 3 is 1.27 bits per heavy atom. The van der Waals surface area contributed by atoms with Gasteiger partial charge in [-0.3, -0.25) is 14.4 Å². The third-order valence-corrected chi connectivity index (χ3v) is 10.1. The zero-order chi connectivity index (χ0) is 45.1. The summed E-state index contributed by atoms with van der Waals surface area (Å²) in [5.41, 5.74) is 0. The molecule has 0 aliphatic rings. The van der Waals surface area contributed by atoms with Gasteiger partial charge in [0.1, 0.15) is 13.2 Å². The van der Waals surface area contributed by atoms with Crippen LogP contribution in [0.4, 0.5) is 0 Å². The van der Waals surface area contributed by atoms with Crippen LogP contribution in [-0.2, 0) is 28.6 Å². The summed E-state index contributed by atoms with van der Waals surface area (Å²) < 4.78 is 16.6. The smallest absolute Gasteiger partial charge is 0.309 e. The summed E-state index contributed by atoms with van der Waals surface area (Å²) >= 11 is 0. The molecule has 0 aliphatic carbocycles. The molecule has 0 aromatic heterocycles. The summed E-state index contributed by atoms with van der Waals surface area (Å²) in [5.74, 6) is -1.09. The average molecular weight is 859 g/mol. The van der Waals surface area contributed by atoms with Gasteiger partial charge in [-0.05, 0) is 89.9 Å². The van der Waals surface area contributed by atoms with Crippen molar-refractivity contribution in [3.05, 3.63) is 109 Å². The predicted octanol–water partition coefficient (Wildman–Crippen LogP) is 16.4. The molecule has 0 saturated carbocycles. The Kier molecular flexibility index (Phi) is 46.6. The molecular formula is C56H90O6. The molecule has 350 valence electrons. The molecule has 6 heteroatoms. The second-order valence-electron chi connectivity index (χ2n) is 16.1. The first-order chi connectivity index (χ1) is 30.5. The highest BCUT2D eigenvalue weighted by Crippen LogP contribution is 2.13. The molecule has 0 fully saturated rings. The summed E-state index contributed by atoms with van der Waals surface area (Å²) in [4.78, 5) is 37.8. The number of rotatable bonds is 43. The van der Waals surface area contributed by atoms with E-state index in [4.69, 9.17) is 14.2 Å². The van der Waals surface area contributed by atoms with E-state index in [-0.39, 0.29) is 31.6 Å². The zero-order valence-electron chi connectivity index (χ0n) is 39.8. The maximum absolute atomic E-state index is 12.8. The van der Waals surface area contributed by atoms with Gasteiger partial charge in [0.2, 0.25) is 0 Å². The van der Waals surface area contributed by atoms with Gasteiger partial charge in [0.05, 0.1) is 6.42 Å². The van der Waals surface area contributed by atoms with Crippen molar-refractivity contribution in [2.45, 2.75) is 213 Å². The van der Waals surface area contributed by atoms with E-state index in [2.05, 4.69) is 118 Å². The first kappa shape index (κ1) is 58.1. The molecule has 0 aromatic carbocycles. The van der Waals surface area contributed by atoms with Gasteiger partial charge < -0.3 is 14.2 Å². The first-order valence-electron chi connectivity index (χ1n) is 24.9. The van der Waals surface area contributed by atoms with Gasteiger partial charge in [-0.25, -0.2) is 0 Å². The largest absolute Gasteiger partial charge is 0.462 e. The quantitative estimate of drug-likeness (QED) is 0.0200. The van der Waals surface area contributed by atoms with Crippen LogP contribution in [0.15, 0.2) is 109 Å². The molecule has 0 aliphatic heterocycles. The van der Waals surface area contributed by atoms with Crippen LogP contribution >= 0.6 is 0 Å². The molecule has 0 aromatic rings. The molecule has 6 nitrogen and oxygen atoms in total. The van der Waals surface area contributed by atoms with Gasteiger partial charge in [-0.2, -0.15) is 0 Å². The van der Waals surface area contributed by atoms with E-state index >= 15 is 0 Å².